The summed E-state index contributed by atoms with van der Waals surface area (Å²) in [4.78, 5) is 22.4. The molecule has 1 N–H and O–H groups in total. The second-order valence-corrected chi connectivity index (χ2v) is 7.31. The van der Waals surface area contributed by atoms with Crippen molar-refractivity contribution >= 4 is 27.3 Å². The highest BCUT2D eigenvalue weighted by Gasteiger charge is 2.21. The number of hydrogen-bond donors (Lipinski definition) is 1. The molecule has 9 heteroatoms. The van der Waals surface area contributed by atoms with Crippen LogP contribution in [0.4, 0.5) is 11.4 Å². The fourth-order valence-electron chi connectivity index (χ4n) is 2.36. The van der Waals surface area contributed by atoms with Crippen LogP contribution in [0.25, 0.3) is 0 Å². The van der Waals surface area contributed by atoms with Gasteiger partial charge in [0.1, 0.15) is 0 Å². The van der Waals surface area contributed by atoms with Gasteiger partial charge in [-0.25, -0.2) is 8.42 Å². The first-order valence-corrected chi connectivity index (χ1v) is 9.39. The number of nitro groups is 1. The highest BCUT2D eigenvalue weighted by molar-refractivity contribution is 7.89. The summed E-state index contributed by atoms with van der Waals surface area (Å²) in [5.41, 5.74) is 0.579. The van der Waals surface area contributed by atoms with Crippen LogP contribution in [-0.2, 0) is 10.0 Å². The highest BCUT2D eigenvalue weighted by atomic mass is 32.2. The van der Waals surface area contributed by atoms with Gasteiger partial charge in [0.05, 0.1) is 9.82 Å². The van der Waals surface area contributed by atoms with Crippen LogP contribution >= 0.6 is 0 Å². The monoisotopic (exact) mass is 377 g/mol. The van der Waals surface area contributed by atoms with Gasteiger partial charge >= 0.3 is 0 Å². The van der Waals surface area contributed by atoms with Crippen molar-refractivity contribution in [3.05, 3.63) is 64.2 Å². The van der Waals surface area contributed by atoms with Crippen LogP contribution in [0, 0.1) is 10.1 Å². The van der Waals surface area contributed by atoms with Crippen molar-refractivity contribution in [1.29, 1.82) is 0 Å². The summed E-state index contributed by atoms with van der Waals surface area (Å²) in [6.07, 6.45) is 0. The van der Waals surface area contributed by atoms with Gasteiger partial charge in [-0.05, 0) is 36.4 Å². The zero-order valence-electron chi connectivity index (χ0n) is 14.4. The Balaban J connectivity index is 2.14. The minimum Gasteiger partial charge on any atom is -0.322 e. The number of nitrogens with zero attached hydrogens (tertiary/aromatic N) is 2. The molecular weight excluding hydrogens is 358 g/mol. The van der Waals surface area contributed by atoms with E-state index in [0.717, 1.165) is 0 Å². The third-order valence-corrected chi connectivity index (χ3v) is 5.86. The molecule has 0 spiro atoms. The molecule has 0 saturated carbocycles. The molecule has 0 fully saturated rings. The van der Waals surface area contributed by atoms with E-state index in [4.69, 9.17) is 0 Å². The van der Waals surface area contributed by atoms with Crippen LogP contribution in [0.3, 0.4) is 0 Å². The molecule has 0 aliphatic rings. The maximum Gasteiger partial charge on any atom is 0.269 e. The summed E-state index contributed by atoms with van der Waals surface area (Å²) in [6.45, 7) is 4.27. The van der Waals surface area contributed by atoms with Crippen LogP contribution in [0.15, 0.2) is 53.4 Å². The SMILES string of the molecule is CCN(CC)S(=O)(=O)c1ccc(NC(=O)c2ccc([N+](=O)[O-])cc2)cc1. The second-order valence-electron chi connectivity index (χ2n) is 5.37. The molecule has 2 rings (SSSR count). The van der Waals surface area contributed by atoms with Gasteiger partial charge in [0.25, 0.3) is 11.6 Å². The zero-order valence-corrected chi connectivity index (χ0v) is 15.2. The second kappa shape index (κ2) is 8.07. The first kappa shape index (κ1) is 19.5. The fraction of sp³-hybridized carbons (Fsp3) is 0.235. The number of carbonyl (C=O) groups excluding carboxylic acids is 1. The third-order valence-electron chi connectivity index (χ3n) is 3.80. The molecule has 0 atom stereocenters. The molecule has 0 unspecified atom stereocenters. The van der Waals surface area contributed by atoms with E-state index in [1.54, 1.807) is 13.8 Å². The van der Waals surface area contributed by atoms with Crippen molar-refractivity contribution in [2.45, 2.75) is 18.7 Å². The smallest absolute Gasteiger partial charge is 0.269 e. The lowest BCUT2D eigenvalue weighted by Crippen LogP contribution is -2.30. The highest BCUT2D eigenvalue weighted by Crippen LogP contribution is 2.19. The summed E-state index contributed by atoms with van der Waals surface area (Å²) in [5, 5.41) is 13.3. The summed E-state index contributed by atoms with van der Waals surface area (Å²) >= 11 is 0. The maximum atomic E-state index is 12.4. The van der Waals surface area contributed by atoms with Gasteiger partial charge in [-0.15, -0.1) is 0 Å². The Bertz CT molecular complexity index is 889. The lowest BCUT2D eigenvalue weighted by atomic mass is 10.2. The van der Waals surface area contributed by atoms with Crippen molar-refractivity contribution in [2.75, 3.05) is 18.4 Å². The number of nitrogens with one attached hydrogen (secondary N) is 1. The molecule has 0 aliphatic heterocycles. The van der Waals surface area contributed by atoms with Gasteiger partial charge in [-0.2, -0.15) is 4.31 Å². The quantitative estimate of drug-likeness (QED) is 0.589. The van der Waals surface area contributed by atoms with Crippen molar-refractivity contribution in [2.24, 2.45) is 0 Å². The van der Waals surface area contributed by atoms with E-state index in [9.17, 15) is 23.3 Å². The predicted octanol–water partition coefficient (Wildman–Crippen LogP) is 2.88. The standard InChI is InChI=1S/C17H19N3O5S/c1-3-19(4-2)26(24,25)16-11-7-14(8-12-16)18-17(21)13-5-9-15(10-6-13)20(22)23/h5-12H,3-4H2,1-2H3,(H,18,21). The average molecular weight is 377 g/mol. The van der Waals surface area contributed by atoms with Crippen LogP contribution in [0.5, 0.6) is 0 Å². The number of benzene rings is 2. The number of nitro benzene ring substituents is 1. The van der Waals surface area contributed by atoms with E-state index in [0.29, 0.717) is 18.8 Å². The number of hydrogen-bond acceptors (Lipinski definition) is 5. The number of carbonyl (C=O) groups is 1. The molecule has 2 aromatic rings. The molecule has 0 aliphatic carbocycles. The van der Waals surface area contributed by atoms with Crippen LogP contribution in [0.2, 0.25) is 0 Å². The lowest BCUT2D eigenvalue weighted by Gasteiger charge is -2.18. The molecule has 0 saturated heterocycles. The molecule has 2 aromatic carbocycles. The minimum absolute atomic E-state index is 0.104. The Labute approximate surface area is 151 Å². The Morgan fingerprint density at radius 2 is 1.58 bits per heavy atom. The van der Waals surface area contributed by atoms with Gasteiger partial charge in [-0.1, -0.05) is 13.8 Å². The Morgan fingerprint density at radius 3 is 2.04 bits per heavy atom. The lowest BCUT2D eigenvalue weighted by molar-refractivity contribution is -0.384. The summed E-state index contributed by atoms with van der Waals surface area (Å²) in [6, 6.07) is 11.1. The maximum absolute atomic E-state index is 12.4. The average Bonchev–Trinajstić information content (AvgIpc) is 2.63. The predicted molar refractivity (Wildman–Crippen MR) is 97.6 cm³/mol. The van der Waals surface area contributed by atoms with Crippen molar-refractivity contribution < 1.29 is 18.1 Å². The van der Waals surface area contributed by atoms with E-state index in [1.807, 2.05) is 0 Å². The largest absolute Gasteiger partial charge is 0.322 e. The van der Waals surface area contributed by atoms with Gasteiger partial charge in [0.2, 0.25) is 10.0 Å². The third kappa shape index (κ3) is 4.24. The molecule has 0 bridgehead atoms. The molecule has 0 aromatic heterocycles. The Hall–Kier alpha value is -2.78. The Morgan fingerprint density at radius 1 is 1.04 bits per heavy atom. The molecular formula is C17H19N3O5S. The Kier molecular flexibility index (Phi) is 6.06. The molecule has 1 amide bonds. The summed E-state index contributed by atoms with van der Waals surface area (Å²) < 4.78 is 26.2. The molecule has 0 heterocycles. The van der Waals surface area contributed by atoms with E-state index < -0.39 is 20.9 Å². The summed E-state index contributed by atoms with van der Waals surface area (Å²) in [5.74, 6) is -0.445. The number of rotatable bonds is 7. The number of non-ortho nitro benzene ring substituents is 1. The first-order valence-electron chi connectivity index (χ1n) is 7.95. The van der Waals surface area contributed by atoms with Crippen molar-refractivity contribution in [3.63, 3.8) is 0 Å². The molecule has 26 heavy (non-hydrogen) atoms. The minimum atomic E-state index is -3.55. The molecule has 0 radical (unpaired) electrons. The van der Waals surface area contributed by atoms with E-state index in [2.05, 4.69) is 5.32 Å². The zero-order chi connectivity index (χ0) is 19.3. The van der Waals surface area contributed by atoms with Crippen LogP contribution in [-0.4, -0.2) is 36.6 Å². The van der Waals surface area contributed by atoms with E-state index in [-0.39, 0.29) is 16.1 Å². The number of sulfonamides is 1. The first-order chi connectivity index (χ1) is 12.3. The number of amides is 1. The van der Waals surface area contributed by atoms with E-state index in [1.165, 1.54) is 52.8 Å². The molecule has 138 valence electrons. The summed E-state index contributed by atoms with van der Waals surface area (Å²) in [7, 11) is -3.55. The van der Waals surface area contributed by atoms with Crippen molar-refractivity contribution in [3.8, 4) is 0 Å². The molecule has 8 nitrogen and oxygen atoms in total. The van der Waals surface area contributed by atoms with Crippen molar-refractivity contribution in [1.82, 2.24) is 4.31 Å². The van der Waals surface area contributed by atoms with Crippen LogP contribution in [0.1, 0.15) is 24.2 Å². The number of anilines is 1. The van der Waals surface area contributed by atoms with Crippen LogP contribution < -0.4 is 5.32 Å². The van der Waals surface area contributed by atoms with Gasteiger partial charge < -0.3 is 5.32 Å². The fourth-order valence-corrected chi connectivity index (χ4v) is 3.82. The van der Waals surface area contributed by atoms with Gasteiger partial charge in [0.15, 0.2) is 0 Å². The van der Waals surface area contributed by atoms with Gasteiger partial charge in [0, 0.05) is 36.5 Å². The van der Waals surface area contributed by atoms with Gasteiger partial charge in [-0.3, -0.25) is 14.9 Å². The van der Waals surface area contributed by atoms with E-state index >= 15 is 0 Å². The normalized spacial score (nSPS) is 11.3. The topological polar surface area (TPSA) is 110 Å².